The van der Waals surface area contributed by atoms with Crippen LogP contribution in [-0.4, -0.2) is 16.1 Å². The SMILES string of the molecule is CCCn1ccc(=O)n(C[B-](F)(F)F)c1=O.[K+]. The van der Waals surface area contributed by atoms with E-state index in [0.29, 0.717) is 13.0 Å². The van der Waals surface area contributed by atoms with Gasteiger partial charge in [0.1, 0.15) is 0 Å². The van der Waals surface area contributed by atoms with Crippen molar-refractivity contribution in [3.05, 3.63) is 33.1 Å². The summed E-state index contributed by atoms with van der Waals surface area (Å²) < 4.78 is 37.8. The maximum atomic E-state index is 12.2. The minimum absolute atomic E-state index is 0. The Morgan fingerprint density at radius 2 is 1.88 bits per heavy atom. The topological polar surface area (TPSA) is 44.0 Å². The van der Waals surface area contributed by atoms with Crippen molar-refractivity contribution in [1.29, 1.82) is 0 Å². The van der Waals surface area contributed by atoms with Crippen LogP contribution >= 0.6 is 0 Å². The number of rotatable bonds is 4. The molecule has 1 heterocycles. The number of nitrogens with zero attached hydrogens (tertiary/aromatic N) is 2. The molecule has 1 aromatic heterocycles. The van der Waals surface area contributed by atoms with Crippen LogP contribution in [0.15, 0.2) is 21.9 Å². The summed E-state index contributed by atoms with van der Waals surface area (Å²) in [6.07, 6.45) is 0.339. The van der Waals surface area contributed by atoms with E-state index in [4.69, 9.17) is 0 Å². The maximum absolute atomic E-state index is 12.2. The predicted octanol–water partition coefficient (Wildman–Crippen LogP) is -2.19. The predicted molar refractivity (Wildman–Crippen MR) is 54.3 cm³/mol. The fourth-order valence-electron chi connectivity index (χ4n) is 1.34. The van der Waals surface area contributed by atoms with Gasteiger partial charge in [-0.15, -0.1) is 0 Å². The zero-order valence-corrected chi connectivity index (χ0v) is 12.8. The Morgan fingerprint density at radius 1 is 1.29 bits per heavy atom. The molecule has 0 fully saturated rings. The van der Waals surface area contributed by atoms with E-state index in [1.165, 1.54) is 6.20 Å². The molecule has 0 bridgehead atoms. The van der Waals surface area contributed by atoms with E-state index in [1.54, 1.807) is 6.92 Å². The van der Waals surface area contributed by atoms with E-state index >= 15 is 0 Å². The van der Waals surface area contributed by atoms with E-state index in [9.17, 15) is 22.5 Å². The Labute approximate surface area is 138 Å². The summed E-state index contributed by atoms with van der Waals surface area (Å²) in [5.41, 5.74) is -1.83. The van der Waals surface area contributed by atoms with E-state index < -0.39 is 24.7 Å². The van der Waals surface area contributed by atoms with Gasteiger partial charge >= 0.3 is 64.1 Å². The summed E-state index contributed by atoms with van der Waals surface area (Å²) in [5, 5.41) is 0. The van der Waals surface area contributed by atoms with E-state index in [1.807, 2.05) is 0 Å². The van der Waals surface area contributed by atoms with Crippen LogP contribution in [0.2, 0.25) is 0 Å². The first kappa shape index (κ1) is 17.2. The van der Waals surface area contributed by atoms with Crippen LogP contribution < -0.4 is 62.6 Å². The van der Waals surface area contributed by atoms with Gasteiger partial charge in [0.15, 0.2) is 0 Å². The molecule has 0 atom stereocenters. The van der Waals surface area contributed by atoms with Gasteiger partial charge in [0.2, 0.25) is 0 Å². The Morgan fingerprint density at radius 3 is 2.35 bits per heavy atom. The minimum Gasteiger partial charge on any atom is -0.448 e. The van der Waals surface area contributed by atoms with Crippen molar-refractivity contribution >= 4 is 6.98 Å². The van der Waals surface area contributed by atoms with E-state index in [0.717, 1.165) is 10.6 Å². The van der Waals surface area contributed by atoms with Crippen LogP contribution in [0.3, 0.4) is 0 Å². The molecule has 0 aliphatic heterocycles. The second-order valence-corrected chi connectivity index (χ2v) is 3.45. The summed E-state index contributed by atoms with van der Waals surface area (Å²) >= 11 is 0. The molecule has 0 unspecified atom stereocenters. The Balaban J connectivity index is 0.00000256. The molecule has 0 aliphatic rings. The molecule has 1 aromatic rings. The van der Waals surface area contributed by atoms with Gasteiger partial charge in [-0.3, -0.25) is 9.36 Å². The Kier molecular flexibility index (Phi) is 7.00. The quantitative estimate of drug-likeness (QED) is 0.585. The third-order valence-corrected chi connectivity index (χ3v) is 1.99. The van der Waals surface area contributed by atoms with Crippen molar-refractivity contribution in [1.82, 2.24) is 9.13 Å². The van der Waals surface area contributed by atoms with Crippen LogP contribution in [-0.2, 0) is 13.0 Å². The number of halogens is 3. The fraction of sp³-hybridized carbons (Fsp3) is 0.500. The molecule has 1 rings (SSSR count). The summed E-state index contributed by atoms with van der Waals surface area (Å²) in [6, 6.07) is 0.971. The van der Waals surface area contributed by atoms with Crippen molar-refractivity contribution < 1.29 is 64.3 Å². The van der Waals surface area contributed by atoms with Gasteiger partial charge in [-0.2, -0.15) is 0 Å². The van der Waals surface area contributed by atoms with Crippen LogP contribution in [0.1, 0.15) is 13.3 Å². The minimum atomic E-state index is -5.20. The normalized spacial score (nSPS) is 11.1. The molecule has 0 aromatic carbocycles. The largest absolute Gasteiger partial charge is 1.00 e. The molecule has 17 heavy (non-hydrogen) atoms. The molecule has 0 saturated carbocycles. The van der Waals surface area contributed by atoms with Crippen LogP contribution in [0.25, 0.3) is 0 Å². The zero-order valence-electron chi connectivity index (χ0n) is 9.70. The van der Waals surface area contributed by atoms with Crippen molar-refractivity contribution in [2.24, 2.45) is 0 Å². The van der Waals surface area contributed by atoms with Gasteiger partial charge in [-0.25, -0.2) is 4.79 Å². The molecule has 0 saturated heterocycles. The summed E-state index contributed by atoms with van der Waals surface area (Å²) in [7, 11) is 0. The van der Waals surface area contributed by atoms with Crippen LogP contribution in [0.4, 0.5) is 12.9 Å². The van der Waals surface area contributed by atoms with Gasteiger partial charge in [0.25, 0.3) is 5.56 Å². The van der Waals surface area contributed by atoms with E-state index in [2.05, 4.69) is 0 Å². The Hall–Kier alpha value is 0.171. The molecular weight excluding hydrogens is 263 g/mol. The molecule has 90 valence electrons. The molecule has 9 heteroatoms. The van der Waals surface area contributed by atoms with E-state index in [-0.39, 0.29) is 56.0 Å². The first-order valence-corrected chi connectivity index (χ1v) is 4.86. The molecule has 0 radical (unpaired) electrons. The molecule has 4 nitrogen and oxygen atoms in total. The smallest absolute Gasteiger partial charge is 0.448 e. The number of hydrogen-bond acceptors (Lipinski definition) is 2. The first-order valence-electron chi connectivity index (χ1n) is 4.86. The second kappa shape index (κ2) is 6.93. The number of aryl methyl sites for hydroxylation is 1. The standard InChI is InChI=1S/C8H11BF3N2O2.K/c1-2-4-13-5-3-7(15)14(8(13)16)6-9(10,11)12;/h3,5H,2,4,6H2,1H3;/q-1;+1. The Bertz CT molecular complexity index is 483. The second-order valence-electron chi connectivity index (χ2n) is 3.45. The van der Waals surface area contributed by atoms with Crippen molar-refractivity contribution in [3.63, 3.8) is 0 Å². The first-order chi connectivity index (χ1) is 7.35. The van der Waals surface area contributed by atoms with Crippen LogP contribution in [0.5, 0.6) is 0 Å². The van der Waals surface area contributed by atoms with Gasteiger partial charge in [0.05, 0.1) is 0 Å². The average Bonchev–Trinajstić information content (AvgIpc) is 2.16. The molecule has 0 spiro atoms. The van der Waals surface area contributed by atoms with Crippen molar-refractivity contribution in [2.45, 2.75) is 26.3 Å². The summed E-state index contributed by atoms with van der Waals surface area (Å²) in [6.45, 7) is -3.11. The third kappa shape index (κ3) is 5.13. The monoisotopic (exact) mass is 274 g/mol. The van der Waals surface area contributed by atoms with Gasteiger partial charge in [-0.1, -0.05) is 6.92 Å². The number of aromatic nitrogens is 2. The third-order valence-electron chi connectivity index (χ3n) is 1.99. The fourth-order valence-corrected chi connectivity index (χ4v) is 1.34. The van der Waals surface area contributed by atoms with Gasteiger partial charge < -0.3 is 17.5 Å². The summed E-state index contributed by atoms with van der Waals surface area (Å²) in [4.78, 5) is 22.6. The zero-order chi connectivity index (χ0) is 12.3. The maximum Gasteiger partial charge on any atom is 1.00 e. The molecule has 0 aliphatic carbocycles. The summed E-state index contributed by atoms with van der Waals surface area (Å²) in [5.74, 6) is 0. The van der Waals surface area contributed by atoms with Crippen molar-refractivity contribution in [3.8, 4) is 0 Å². The van der Waals surface area contributed by atoms with Crippen LogP contribution in [0, 0.1) is 0 Å². The van der Waals surface area contributed by atoms with Crippen molar-refractivity contribution in [2.75, 3.05) is 0 Å². The van der Waals surface area contributed by atoms with Gasteiger partial charge in [0, 0.05) is 25.3 Å². The number of hydrogen-bond donors (Lipinski definition) is 0. The van der Waals surface area contributed by atoms with Gasteiger partial charge in [-0.05, 0) is 6.42 Å². The average molecular weight is 274 g/mol. The molecular formula is C8H11BF3KN2O2. The molecule has 0 amide bonds. The molecule has 0 N–H and O–H groups in total.